The van der Waals surface area contributed by atoms with Gasteiger partial charge in [0.05, 0.1) is 11.8 Å². The van der Waals surface area contributed by atoms with E-state index in [2.05, 4.69) is 15.1 Å². The van der Waals surface area contributed by atoms with Gasteiger partial charge in [-0.3, -0.25) is 14.3 Å². The van der Waals surface area contributed by atoms with Crippen molar-refractivity contribution in [2.24, 2.45) is 13.0 Å². The number of carbonyl (C=O) groups excluding carboxylic acids is 2. The second-order valence-electron chi connectivity index (χ2n) is 7.61. The van der Waals surface area contributed by atoms with Crippen molar-refractivity contribution in [1.29, 1.82) is 0 Å². The number of amides is 1. The van der Waals surface area contributed by atoms with E-state index in [9.17, 15) is 9.59 Å². The number of nitrogen functional groups attached to an aromatic ring is 1. The molecule has 0 unspecified atom stereocenters. The number of nitrogens with zero attached hydrogens (tertiary/aromatic N) is 5. The average molecular weight is 419 g/mol. The molecule has 1 saturated heterocycles. The number of halogens is 1. The minimum atomic E-state index is -0.0453. The predicted octanol–water partition coefficient (Wildman–Crippen LogP) is 2.59. The van der Waals surface area contributed by atoms with Crippen LogP contribution >= 0.6 is 11.6 Å². The molecule has 0 spiro atoms. The van der Waals surface area contributed by atoms with E-state index >= 15 is 0 Å². The normalized spacial score (nSPS) is 14.9. The number of hydrogen-bond acceptors (Lipinski definition) is 6. The number of aromatic nitrogens is 4. The van der Waals surface area contributed by atoms with E-state index in [-0.39, 0.29) is 24.5 Å². The van der Waals surface area contributed by atoms with Crippen LogP contribution in [-0.4, -0.2) is 49.4 Å². The summed E-state index contributed by atoms with van der Waals surface area (Å²) in [5.74, 6) is 1.53. The molecular weight excluding hydrogens is 392 g/mol. The maximum atomic E-state index is 12.4. The number of carbonyl (C=O) groups is 2. The minimum Gasteiger partial charge on any atom is -0.383 e. The molecule has 1 aliphatic heterocycles. The molecule has 0 bridgehead atoms. The lowest BCUT2D eigenvalue weighted by atomic mass is 9.90. The third kappa shape index (κ3) is 5.53. The number of ketones is 1. The van der Waals surface area contributed by atoms with Crippen molar-refractivity contribution in [1.82, 2.24) is 24.6 Å². The SMILES string of the molecule is Cc1nc(N)c(CCC2CCN(C(=O)CCC(=O)c3cnn(C)c3)CC2)c(Cl)n1. The van der Waals surface area contributed by atoms with E-state index in [0.717, 1.165) is 44.3 Å². The van der Waals surface area contributed by atoms with Gasteiger partial charge in [-0.15, -0.1) is 0 Å². The predicted molar refractivity (Wildman–Crippen MR) is 111 cm³/mol. The number of piperidine rings is 1. The summed E-state index contributed by atoms with van der Waals surface area (Å²) in [4.78, 5) is 34.8. The second kappa shape index (κ2) is 9.35. The van der Waals surface area contributed by atoms with Gasteiger partial charge in [0.15, 0.2) is 5.78 Å². The highest BCUT2D eigenvalue weighted by Gasteiger charge is 2.24. The topological polar surface area (TPSA) is 107 Å². The summed E-state index contributed by atoms with van der Waals surface area (Å²) in [6, 6.07) is 0. The Morgan fingerprint density at radius 3 is 2.59 bits per heavy atom. The molecule has 0 atom stereocenters. The van der Waals surface area contributed by atoms with Gasteiger partial charge in [-0.25, -0.2) is 9.97 Å². The maximum absolute atomic E-state index is 12.4. The third-order valence-electron chi connectivity index (χ3n) is 5.46. The first-order valence-electron chi connectivity index (χ1n) is 9.91. The van der Waals surface area contributed by atoms with Crippen LogP contribution in [0.5, 0.6) is 0 Å². The second-order valence-corrected chi connectivity index (χ2v) is 7.97. The van der Waals surface area contributed by atoms with Crippen LogP contribution in [0.4, 0.5) is 5.82 Å². The molecule has 0 aliphatic carbocycles. The first-order chi connectivity index (χ1) is 13.8. The third-order valence-corrected chi connectivity index (χ3v) is 5.78. The molecule has 2 aromatic rings. The first-order valence-corrected chi connectivity index (χ1v) is 10.3. The Labute approximate surface area is 175 Å². The van der Waals surface area contributed by atoms with Gasteiger partial charge in [-0.2, -0.15) is 5.10 Å². The van der Waals surface area contributed by atoms with E-state index in [4.69, 9.17) is 17.3 Å². The summed E-state index contributed by atoms with van der Waals surface area (Å²) in [6.45, 7) is 3.21. The van der Waals surface area contributed by atoms with Crippen LogP contribution in [0, 0.1) is 12.8 Å². The zero-order valence-corrected chi connectivity index (χ0v) is 17.7. The van der Waals surface area contributed by atoms with Gasteiger partial charge in [0.1, 0.15) is 16.8 Å². The fraction of sp³-hybridized carbons (Fsp3) is 0.550. The fourth-order valence-corrected chi connectivity index (χ4v) is 4.03. The Morgan fingerprint density at radius 2 is 1.97 bits per heavy atom. The van der Waals surface area contributed by atoms with E-state index in [1.165, 1.54) is 6.20 Å². The lowest BCUT2D eigenvalue weighted by Gasteiger charge is -2.32. The summed E-state index contributed by atoms with van der Waals surface area (Å²) < 4.78 is 1.59. The van der Waals surface area contributed by atoms with Gasteiger partial charge in [-0.05, 0) is 38.5 Å². The zero-order valence-electron chi connectivity index (χ0n) is 16.9. The van der Waals surface area contributed by atoms with Gasteiger partial charge in [-0.1, -0.05) is 11.6 Å². The molecular formula is C20H27ClN6O2. The van der Waals surface area contributed by atoms with E-state index in [0.29, 0.717) is 28.3 Å². The minimum absolute atomic E-state index is 0.0416. The first kappa shape index (κ1) is 21.2. The Hall–Kier alpha value is -2.48. The van der Waals surface area contributed by atoms with Crippen LogP contribution in [0.2, 0.25) is 5.15 Å². The number of anilines is 1. The standard InChI is InChI=1S/C20H27ClN6O2/c1-13-24-19(21)16(20(22)25-13)4-3-14-7-9-27(10-8-14)18(29)6-5-17(28)15-11-23-26(2)12-15/h11-12,14H,3-10H2,1-2H3,(H2,22,24,25). The van der Waals surface area contributed by atoms with Crippen molar-refractivity contribution in [3.63, 3.8) is 0 Å². The van der Waals surface area contributed by atoms with Crippen LogP contribution in [0.3, 0.4) is 0 Å². The maximum Gasteiger partial charge on any atom is 0.223 e. The Bertz CT molecular complexity index is 866. The molecule has 156 valence electrons. The Morgan fingerprint density at radius 1 is 1.24 bits per heavy atom. The number of Topliss-reactive ketones (excluding diaryl/α,β-unsaturated/α-hetero) is 1. The van der Waals surface area contributed by atoms with Crippen molar-refractivity contribution < 1.29 is 9.59 Å². The molecule has 1 fully saturated rings. The lowest BCUT2D eigenvalue weighted by Crippen LogP contribution is -2.38. The van der Waals surface area contributed by atoms with Crippen molar-refractivity contribution in [2.45, 2.75) is 45.4 Å². The lowest BCUT2D eigenvalue weighted by molar-refractivity contribution is -0.132. The van der Waals surface area contributed by atoms with Gasteiger partial charge < -0.3 is 10.6 Å². The molecule has 3 heterocycles. The molecule has 0 saturated carbocycles. The van der Waals surface area contributed by atoms with Gasteiger partial charge >= 0.3 is 0 Å². The van der Waals surface area contributed by atoms with Gasteiger partial charge in [0, 0.05) is 44.7 Å². The molecule has 0 aromatic carbocycles. The monoisotopic (exact) mass is 418 g/mol. The highest BCUT2D eigenvalue weighted by molar-refractivity contribution is 6.30. The van der Waals surface area contributed by atoms with Crippen LogP contribution in [-0.2, 0) is 18.3 Å². The summed E-state index contributed by atoms with van der Waals surface area (Å²) >= 11 is 6.21. The molecule has 3 rings (SSSR count). The summed E-state index contributed by atoms with van der Waals surface area (Å²) in [7, 11) is 1.76. The molecule has 0 radical (unpaired) electrons. The summed E-state index contributed by atoms with van der Waals surface area (Å²) in [5.41, 5.74) is 7.34. The molecule has 8 nitrogen and oxygen atoms in total. The Balaban J connectivity index is 1.42. The van der Waals surface area contributed by atoms with E-state index in [1.807, 2.05) is 4.90 Å². The summed E-state index contributed by atoms with van der Waals surface area (Å²) in [5, 5.41) is 4.43. The summed E-state index contributed by atoms with van der Waals surface area (Å²) in [6.07, 6.45) is 7.23. The largest absolute Gasteiger partial charge is 0.383 e. The highest BCUT2D eigenvalue weighted by atomic mass is 35.5. The van der Waals surface area contributed by atoms with E-state index in [1.54, 1.807) is 24.9 Å². The highest BCUT2D eigenvalue weighted by Crippen LogP contribution is 2.27. The van der Waals surface area contributed by atoms with Crippen LogP contribution in [0.25, 0.3) is 0 Å². The fourth-order valence-electron chi connectivity index (χ4n) is 3.72. The van der Waals surface area contributed by atoms with Crippen LogP contribution < -0.4 is 5.73 Å². The number of aryl methyl sites for hydroxylation is 2. The zero-order chi connectivity index (χ0) is 21.0. The number of nitrogens with two attached hydrogens (primary N) is 1. The van der Waals surface area contributed by atoms with Gasteiger partial charge in [0.2, 0.25) is 5.91 Å². The van der Waals surface area contributed by atoms with Gasteiger partial charge in [0.25, 0.3) is 0 Å². The molecule has 2 N–H and O–H groups in total. The van der Waals surface area contributed by atoms with Crippen LogP contribution in [0.1, 0.15) is 53.8 Å². The molecule has 9 heteroatoms. The molecule has 1 amide bonds. The smallest absolute Gasteiger partial charge is 0.223 e. The number of likely N-dealkylation sites (tertiary alicyclic amines) is 1. The van der Waals surface area contributed by atoms with Crippen molar-refractivity contribution in [2.75, 3.05) is 18.8 Å². The Kier molecular flexibility index (Phi) is 6.84. The number of rotatable bonds is 7. The average Bonchev–Trinajstić information content (AvgIpc) is 3.12. The van der Waals surface area contributed by atoms with Crippen molar-refractivity contribution >= 4 is 29.1 Å². The van der Waals surface area contributed by atoms with Crippen molar-refractivity contribution in [3.05, 3.63) is 34.5 Å². The molecule has 2 aromatic heterocycles. The quantitative estimate of drug-likeness (QED) is 0.547. The van der Waals surface area contributed by atoms with Crippen LogP contribution in [0.15, 0.2) is 12.4 Å². The molecule has 29 heavy (non-hydrogen) atoms. The molecule has 1 aliphatic rings. The van der Waals surface area contributed by atoms with E-state index < -0.39 is 0 Å². The number of hydrogen-bond donors (Lipinski definition) is 1. The van der Waals surface area contributed by atoms with Crippen molar-refractivity contribution in [3.8, 4) is 0 Å².